The van der Waals surface area contributed by atoms with Gasteiger partial charge in [-0.3, -0.25) is 0 Å². The van der Waals surface area contributed by atoms with E-state index in [2.05, 4.69) is 38.2 Å². The number of nitrogens with one attached hydrogen (secondary N) is 1. The van der Waals surface area contributed by atoms with Crippen molar-refractivity contribution in [3.63, 3.8) is 0 Å². The molecule has 0 rings (SSSR count). The first-order valence-electron chi connectivity index (χ1n) is 11.5. The van der Waals surface area contributed by atoms with Crippen LogP contribution in [0.2, 0.25) is 0 Å². The maximum Gasteiger partial charge on any atom is 0.119 e. The molecule has 1 atom stereocenters. The zero-order valence-corrected chi connectivity index (χ0v) is 18.8. The van der Waals surface area contributed by atoms with Crippen molar-refractivity contribution in [3.8, 4) is 0 Å². The largest absolute Gasteiger partial charge is 0.395 e. The summed E-state index contributed by atoms with van der Waals surface area (Å²) < 4.78 is 0. The van der Waals surface area contributed by atoms with Crippen LogP contribution in [0.5, 0.6) is 0 Å². The summed E-state index contributed by atoms with van der Waals surface area (Å²) in [5.74, 6) is 0.519. The Balaban J connectivity index is 0. The highest BCUT2D eigenvalue weighted by Crippen LogP contribution is 2.09. The Labute approximate surface area is 170 Å². The third kappa shape index (κ3) is 25.3. The molecule has 0 spiro atoms. The van der Waals surface area contributed by atoms with Gasteiger partial charge in [0.15, 0.2) is 0 Å². The van der Waals surface area contributed by atoms with Crippen molar-refractivity contribution in [1.82, 2.24) is 5.32 Å². The number of aliphatic hydroxyl groups excluding tert-OH is 1. The first-order chi connectivity index (χ1) is 13.1. The first-order valence-corrected chi connectivity index (χ1v) is 11.5. The molecule has 0 heterocycles. The van der Waals surface area contributed by atoms with E-state index in [4.69, 9.17) is 5.11 Å². The van der Waals surface area contributed by atoms with Crippen LogP contribution in [-0.4, -0.2) is 31.1 Å². The second-order valence-corrected chi connectivity index (χ2v) is 7.86. The summed E-state index contributed by atoms with van der Waals surface area (Å²) in [6.45, 7) is 6.66. The van der Waals surface area contributed by atoms with Gasteiger partial charge in [-0.2, -0.15) is 0 Å². The van der Waals surface area contributed by atoms with Crippen LogP contribution < -0.4 is 5.32 Å². The van der Waals surface area contributed by atoms with Crippen molar-refractivity contribution in [2.45, 2.75) is 117 Å². The molecule has 27 heavy (non-hydrogen) atoms. The molecular formula is C24H49NO2. The number of aliphatic hydroxyl groups is 1. The minimum Gasteiger partial charge on any atom is -0.395 e. The second kappa shape index (κ2) is 25.3. The Morgan fingerprint density at radius 1 is 0.778 bits per heavy atom. The summed E-state index contributed by atoms with van der Waals surface area (Å²) in [5.41, 5.74) is 0. The maximum absolute atomic E-state index is 10.1. The predicted molar refractivity (Wildman–Crippen MR) is 120 cm³/mol. The maximum atomic E-state index is 10.1. The van der Waals surface area contributed by atoms with Gasteiger partial charge in [-0.05, 0) is 45.1 Å². The molecule has 0 aliphatic rings. The summed E-state index contributed by atoms with van der Waals surface area (Å²) in [5, 5.41) is 11.6. The Kier molecular flexibility index (Phi) is 26.8. The van der Waals surface area contributed by atoms with Gasteiger partial charge >= 0.3 is 0 Å². The van der Waals surface area contributed by atoms with E-state index >= 15 is 0 Å². The normalized spacial score (nSPS) is 12.2. The monoisotopic (exact) mass is 383 g/mol. The zero-order valence-electron chi connectivity index (χ0n) is 18.8. The number of rotatable bonds is 18. The van der Waals surface area contributed by atoms with Crippen molar-refractivity contribution in [3.05, 3.63) is 12.2 Å². The molecule has 0 aromatic carbocycles. The lowest BCUT2D eigenvalue weighted by Gasteiger charge is -2.15. The van der Waals surface area contributed by atoms with E-state index < -0.39 is 0 Å². The molecular weight excluding hydrogens is 334 g/mol. The van der Waals surface area contributed by atoms with E-state index in [1.807, 2.05) is 7.05 Å². The number of unbranched alkanes of at least 4 members (excludes halogenated alkanes) is 12. The Hall–Kier alpha value is -0.670. The molecule has 0 fully saturated rings. The number of carbonyl (C=O) groups is 1. The minimum absolute atomic E-state index is 0.230. The summed E-state index contributed by atoms with van der Waals surface area (Å²) in [6, 6.07) is 0.259. The fraction of sp³-hybridized carbons (Fsp3) is 0.875. The van der Waals surface area contributed by atoms with E-state index in [1.165, 1.54) is 77.0 Å². The Morgan fingerprint density at radius 3 is 1.56 bits per heavy atom. The Morgan fingerprint density at radius 2 is 1.22 bits per heavy atom. The summed E-state index contributed by atoms with van der Waals surface area (Å²) in [6.07, 6.45) is 23.6. The lowest BCUT2D eigenvalue weighted by molar-refractivity contribution is -0.107. The van der Waals surface area contributed by atoms with Crippen LogP contribution in [0.1, 0.15) is 111 Å². The van der Waals surface area contributed by atoms with Crippen LogP contribution in [0, 0.1) is 5.92 Å². The first kappa shape index (κ1) is 28.5. The van der Waals surface area contributed by atoms with Gasteiger partial charge in [-0.15, -0.1) is 0 Å². The molecule has 0 aliphatic carbocycles. The van der Waals surface area contributed by atoms with Crippen LogP contribution in [0.4, 0.5) is 0 Å². The second-order valence-electron chi connectivity index (χ2n) is 7.86. The molecule has 2 N–H and O–H groups in total. The summed E-state index contributed by atoms with van der Waals surface area (Å²) >= 11 is 0. The number of hydrogen-bond donors (Lipinski definition) is 2. The highest BCUT2D eigenvalue weighted by atomic mass is 16.3. The summed E-state index contributed by atoms with van der Waals surface area (Å²) in [4.78, 5) is 10.1. The molecule has 0 amide bonds. The molecule has 0 aromatic heterocycles. The molecule has 0 bridgehead atoms. The fourth-order valence-electron chi connectivity index (χ4n) is 2.93. The highest BCUT2D eigenvalue weighted by Gasteiger charge is 2.06. The number of aldehydes is 1. The quantitative estimate of drug-likeness (QED) is 0.162. The van der Waals surface area contributed by atoms with Crippen molar-refractivity contribution < 1.29 is 9.90 Å². The molecule has 162 valence electrons. The fourth-order valence-corrected chi connectivity index (χ4v) is 2.93. The van der Waals surface area contributed by atoms with Crippen LogP contribution >= 0.6 is 0 Å². The molecule has 0 saturated carbocycles. The van der Waals surface area contributed by atoms with Gasteiger partial charge in [0.25, 0.3) is 0 Å². The van der Waals surface area contributed by atoms with Gasteiger partial charge < -0.3 is 15.2 Å². The number of hydrogen-bond acceptors (Lipinski definition) is 3. The average Bonchev–Trinajstić information content (AvgIpc) is 2.66. The lowest BCUT2D eigenvalue weighted by atomic mass is 10.1. The topological polar surface area (TPSA) is 49.3 Å². The molecule has 0 saturated heterocycles. The molecule has 0 aliphatic heterocycles. The predicted octanol–water partition coefficient (Wildman–Crippen LogP) is 6.45. The van der Waals surface area contributed by atoms with Crippen molar-refractivity contribution in [2.75, 3.05) is 13.7 Å². The smallest absolute Gasteiger partial charge is 0.119 e. The molecule has 0 aromatic rings. The van der Waals surface area contributed by atoms with Gasteiger partial charge in [-0.25, -0.2) is 0 Å². The molecule has 0 radical (unpaired) electrons. The lowest BCUT2D eigenvalue weighted by Crippen LogP contribution is -2.33. The molecule has 3 heteroatoms. The third-order valence-electron chi connectivity index (χ3n) is 4.96. The van der Waals surface area contributed by atoms with E-state index in [1.54, 1.807) is 0 Å². The van der Waals surface area contributed by atoms with Gasteiger partial charge in [0, 0.05) is 12.5 Å². The average molecular weight is 384 g/mol. The van der Waals surface area contributed by atoms with Crippen molar-refractivity contribution in [1.29, 1.82) is 0 Å². The van der Waals surface area contributed by atoms with E-state index in [9.17, 15) is 4.79 Å². The Bertz CT molecular complexity index is 299. The van der Waals surface area contributed by atoms with Crippen LogP contribution in [0.25, 0.3) is 0 Å². The van der Waals surface area contributed by atoms with Crippen LogP contribution in [0.3, 0.4) is 0 Å². The van der Waals surface area contributed by atoms with Gasteiger partial charge in [0.2, 0.25) is 0 Å². The zero-order chi connectivity index (χ0) is 20.6. The molecule has 3 nitrogen and oxygen atoms in total. The van der Waals surface area contributed by atoms with Gasteiger partial charge in [0.1, 0.15) is 6.29 Å². The van der Waals surface area contributed by atoms with Gasteiger partial charge in [-0.1, -0.05) is 84.3 Å². The van der Waals surface area contributed by atoms with E-state index in [0.717, 1.165) is 19.1 Å². The van der Waals surface area contributed by atoms with Crippen molar-refractivity contribution in [2.24, 2.45) is 5.92 Å². The highest BCUT2D eigenvalue weighted by molar-refractivity contribution is 5.48. The number of carbonyl (C=O) groups excluding carboxylic acids is 1. The molecule has 0 unspecified atom stereocenters. The SMILES string of the molecule is CCCCCCCC/C=C\CCCCCCCC=O.CN[C@H](CO)C(C)C. The van der Waals surface area contributed by atoms with Crippen LogP contribution in [0.15, 0.2) is 12.2 Å². The standard InChI is InChI=1S/C18H34O.C6H15NO/c1-2-3-4-5-6-7-8-9-10-11-12-13-14-15-16-17-18-19;1-5(2)6(4-8)7-3/h9-10,18H,2-8,11-17H2,1H3;5-8H,4H2,1-3H3/b10-9-;/t;6-/m.1/s1. The van der Waals surface area contributed by atoms with Crippen molar-refractivity contribution >= 4 is 6.29 Å². The third-order valence-corrected chi connectivity index (χ3v) is 4.96. The van der Waals surface area contributed by atoms with Crippen LogP contribution in [-0.2, 0) is 4.79 Å². The number of likely N-dealkylation sites (N-methyl/N-ethyl adjacent to an activating group) is 1. The summed E-state index contributed by atoms with van der Waals surface area (Å²) in [7, 11) is 1.86. The van der Waals surface area contributed by atoms with E-state index in [0.29, 0.717) is 5.92 Å². The minimum atomic E-state index is 0.230. The van der Waals surface area contributed by atoms with Gasteiger partial charge in [0.05, 0.1) is 6.61 Å². The number of allylic oxidation sites excluding steroid dienone is 2. The van der Waals surface area contributed by atoms with E-state index in [-0.39, 0.29) is 12.6 Å².